The minimum Gasteiger partial charge on any atom is -0.467 e. The Morgan fingerprint density at radius 1 is 1.15 bits per heavy atom. The lowest BCUT2D eigenvalue weighted by Gasteiger charge is -2.27. The first-order valence-corrected chi connectivity index (χ1v) is 9.95. The van der Waals surface area contributed by atoms with E-state index in [-0.39, 0.29) is 12.5 Å². The zero-order valence-electron chi connectivity index (χ0n) is 16.0. The second kappa shape index (κ2) is 8.53. The summed E-state index contributed by atoms with van der Waals surface area (Å²) in [6, 6.07) is 2.30. The van der Waals surface area contributed by atoms with E-state index in [2.05, 4.69) is 19.9 Å². The quantitative estimate of drug-likeness (QED) is 0.812. The first-order chi connectivity index (χ1) is 12.6. The number of amides is 1. The first-order valence-electron chi connectivity index (χ1n) is 9.95. The Bertz CT molecular complexity index is 700. The highest BCUT2D eigenvalue weighted by Gasteiger charge is 2.24. The number of nitriles is 1. The molecule has 1 aliphatic heterocycles. The van der Waals surface area contributed by atoms with Gasteiger partial charge in [-0.05, 0) is 68.4 Å². The van der Waals surface area contributed by atoms with Gasteiger partial charge in [0.25, 0.3) is 5.91 Å². The number of carbonyl (C=O) groups is 1. The maximum absolute atomic E-state index is 12.4. The van der Waals surface area contributed by atoms with E-state index in [1.54, 1.807) is 0 Å². The summed E-state index contributed by atoms with van der Waals surface area (Å²) in [5.41, 5.74) is 3.94. The minimum atomic E-state index is -0.0262. The lowest BCUT2D eigenvalue weighted by Crippen LogP contribution is -2.38. The summed E-state index contributed by atoms with van der Waals surface area (Å²) < 4.78 is 5.81. The van der Waals surface area contributed by atoms with E-state index in [1.165, 1.54) is 12.0 Å². The van der Waals surface area contributed by atoms with Gasteiger partial charge in [0.1, 0.15) is 11.6 Å². The standard InChI is InChI=1S/C21H29N3O2/c1-15(2)12-19-17-9-5-4-8-16(17)18(13-22)21(23-19)26-14-20(25)24-10-6-3-7-11-24/h15H,3-12,14H2,1-2H3. The van der Waals surface area contributed by atoms with Gasteiger partial charge in [0, 0.05) is 18.8 Å². The van der Waals surface area contributed by atoms with Gasteiger partial charge >= 0.3 is 0 Å². The van der Waals surface area contributed by atoms with Crippen LogP contribution in [0.25, 0.3) is 0 Å². The summed E-state index contributed by atoms with van der Waals surface area (Å²) >= 11 is 0. The molecule has 1 saturated heterocycles. The maximum atomic E-state index is 12.4. The third-order valence-corrected chi connectivity index (χ3v) is 5.32. The van der Waals surface area contributed by atoms with Gasteiger partial charge < -0.3 is 9.64 Å². The molecular formula is C21H29N3O2. The lowest BCUT2D eigenvalue weighted by molar-refractivity contribution is -0.134. The Morgan fingerprint density at radius 2 is 1.85 bits per heavy atom. The Hall–Kier alpha value is -2.09. The molecule has 5 nitrogen and oxygen atoms in total. The molecule has 3 rings (SSSR count). The summed E-state index contributed by atoms with van der Waals surface area (Å²) in [7, 11) is 0. The summed E-state index contributed by atoms with van der Waals surface area (Å²) in [6.07, 6.45) is 8.33. The number of ether oxygens (including phenoxy) is 1. The van der Waals surface area contributed by atoms with Gasteiger partial charge in [-0.3, -0.25) is 4.79 Å². The number of piperidine rings is 1. The minimum absolute atomic E-state index is 0.00137. The van der Waals surface area contributed by atoms with Crippen molar-refractivity contribution in [2.45, 2.75) is 65.2 Å². The molecule has 0 spiro atoms. The van der Waals surface area contributed by atoms with E-state index < -0.39 is 0 Å². The van der Waals surface area contributed by atoms with Crippen LogP contribution in [0.5, 0.6) is 5.88 Å². The van der Waals surface area contributed by atoms with Crippen molar-refractivity contribution in [3.8, 4) is 11.9 Å². The molecule has 0 atom stereocenters. The van der Waals surface area contributed by atoms with Crippen LogP contribution in [0.4, 0.5) is 0 Å². The Labute approximate surface area is 156 Å². The number of carbonyl (C=O) groups excluding carboxylic acids is 1. The Morgan fingerprint density at radius 3 is 2.50 bits per heavy atom. The summed E-state index contributed by atoms with van der Waals surface area (Å²) in [4.78, 5) is 19.0. The SMILES string of the molecule is CC(C)Cc1nc(OCC(=O)N2CCCCC2)c(C#N)c2c1CCCC2. The number of pyridine rings is 1. The van der Waals surface area contributed by atoms with Crippen LogP contribution in [0.15, 0.2) is 0 Å². The zero-order chi connectivity index (χ0) is 18.5. The fraction of sp³-hybridized carbons (Fsp3) is 0.667. The number of hydrogen-bond acceptors (Lipinski definition) is 4. The predicted molar refractivity (Wildman–Crippen MR) is 100 cm³/mol. The molecule has 140 valence electrons. The van der Waals surface area contributed by atoms with Gasteiger partial charge in [0.05, 0.1) is 0 Å². The molecule has 1 aliphatic carbocycles. The van der Waals surface area contributed by atoms with Gasteiger partial charge in [0.2, 0.25) is 5.88 Å². The highest BCUT2D eigenvalue weighted by Crippen LogP contribution is 2.32. The molecule has 1 aromatic rings. The van der Waals surface area contributed by atoms with Crippen LogP contribution in [-0.2, 0) is 24.1 Å². The van der Waals surface area contributed by atoms with Crippen molar-refractivity contribution in [1.82, 2.24) is 9.88 Å². The molecular weight excluding hydrogens is 326 g/mol. The summed E-state index contributed by atoms with van der Waals surface area (Å²) in [6.45, 7) is 5.94. The number of fused-ring (bicyclic) bond motifs is 1. The zero-order valence-corrected chi connectivity index (χ0v) is 16.0. The highest BCUT2D eigenvalue weighted by atomic mass is 16.5. The van der Waals surface area contributed by atoms with E-state index in [9.17, 15) is 10.1 Å². The van der Waals surface area contributed by atoms with Gasteiger partial charge in [-0.25, -0.2) is 4.98 Å². The molecule has 2 heterocycles. The summed E-state index contributed by atoms with van der Waals surface area (Å²) in [5, 5.41) is 9.70. The van der Waals surface area contributed by atoms with E-state index in [0.717, 1.165) is 69.3 Å². The van der Waals surface area contributed by atoms with Crippen LogP contribution in [0.3, 0.4) is 0 Å². The molecule has 0 bridgehead atoms. The Kier molecular flexibility index (Phi) is 6.13. The molecule has 0 N–H and O–H groups in total. The van der Waals surface area contributed by atoms with Crippen molar-refractivity contribution in [3.05, 3.63) is 22.4 Å². The van der Waals surface area contributed by atoms with Crippen molar-refractivity contribution in [1.29, 1.82) is 5.26 Å². The number of hydrogen-bond donors (Lipinski definition) is 0. The average Bonchev–Trinajstić information content (AvgIpc) is 2.66. The van der Waals surface area contributed by atoms with E-state index in [4.69, 9.17) is 9.72 Å². The molecule has 0 aromatic carbocycles. The first kappa shape index (κ1) is 18.7. The molecule has 0 radical (unpaired) electrons. The molecule has 0 saturated carbocycles. The summed E-state index contributed by atoms with van der Waals surface area (Å²) in [5.74, 6) is 0.844. The van der Waals surface area contributed by atoms with Crippen molar-refractivity contribution in [2.24, 2.45) is 5.92 Å². The van der Waals surface area contributed by atoms with Gasteiger partial charge in [-0.15, -0.1) is 0 Å². The second-order valence-electron chi connectivity index (χ2n) is 7.84. The fourth-order valence-corrected chi connectivity index (χ4v) is 4.01. The molecule has 1 fully saturated rings. The van der Waals surface area contributed by atoms with Gasteiger partial charge in [0.15, 0.2) is 6.61 Å². The van der Waals surface area contributed by atoms with Crippen molar-refractivity contribution in [2.75, 3.05) is 19.7 Å². The smallest absolute Gasteiger partial charge is 0.260 e. The lowest BCUT2D eigenvalue weighted by atomic mass is 9.86. The largest absolute Gasteiger partial charge is 0.467 e. The van der Waals surface area contributed by atoms with Crippen LogP contribution in [0.1, 0.15) is 68.3 Å². The normalized spacial score (nSPS) is 16.9. The van der Waals surface area contributed by atoms with E-state index >= 15 is 0 Å². The second-order valence-corrected chi connectivity index (χ2v) is 7.84. The van der Waals surface area contributed by atoms with Crippen LogP contribution in [-0.4, -0.2) is 35.5 Å². The number of likely N-dealkylation sites (tertiary alicyclic amines) is 1. The van der Waals surface area contributed by atoms with Gasteiger partial charge in [-0.2, -0.15) is 5.26 Å². The third kappa shape index (κ3) is 4.17. The van der Waals surface area contributed by atoms with Crippen LogP contribution in [0.2, 0.25) is 0 Å². The highest BCUT2D eigenvalue weighted by molar-refractivity contribution is 5.77. The average molecular weight is 355 g/mol. The third-order valence-electron chi connectivity index (χ3n) is 5.32. The number of aromatic nitrogens is 1. The molecule has 1 aromatic heterocycles. The molecule has 1 amide bonds. The van der Waals surface area contributed by atoms with Gasteiger partial charge in [-0.1, -0.05) is 13.8 Å². The molecule has 2 aliphatic rings. The molecule has 26 heavy (non-hydrogen) atoms. The van der Waals surface area contributed by atoms with Crippen LogP contribution in [0, 0.1) is 17.2 Å². The predicted octanol–water partition coefficient (Wildman–Crippen LogP) is 3.42. The van der Waals surface area contributed by atoms with Crippen LogP contribution >= 0.6 is 0 Å². The Balaban J connectivity index is 1.83. The van der Waals surface area contributed by atoms with E-state index in [1.807, 2.05) is 4.90 Å². The fourth-order valence-electron chi connectivity index (χ4n) is 4.01. The maximum Gasteiger partial charge on any atom is 0.260 e. The molecule has 5 heteroatoms. The monoisotopic (exact) mass is 355 g/mol. The van der Waals surface area contributed by atoms with Crippen molar-refractivity contribution < 1.29 is 9.53 Å². The van der Waals surface area contributed by atoms with Crippen molar-refractivity contribution >= 4 is 5.91 Å². The topological polar surface area (TPSA) is 66.2 Å². The molecule has 0 unspecified atom stereocenters. The van der Waals surface area contributed by atoms with Crippen molar-refractivity contribution in [3.63, 3.8) is 0 Å². The van der Waals surface area contributed by atoms with Crippen LogP contribution < -0.4 is 4.74 Å². The number of nitrogens with zero attached hydrogens (tertiary/aromatic N) is 3. The van der Waals surface area contributed by atoms with E-state index in [0.29, 0.717) is 17.4 Å². The number of rotatable bonds is 5.